The molecular formula is C11H15ClO2S. The molecule has 0 saturated carbocycles. The first-order valence-corrected chi connectivity index (χ1v) is 6.18. The van der Waals surface area contributed by atoms with Gasteiger partial charge in [-0.1, -0.05) is 24.9 Å². The van der Waals surface area contributed by atoms with Gasteiger partial charge in [-0.2, -0.15) is 0 Å². The van der Waals surface area contributed by atoms with Crippen LogP contribution in [0.25, 0.3) is 0 Å². The van der Waals surface area contributed by atoms with Crippen LogP contribution >= 0.6 is 22.9 Å². The highest BCUT2D eigenvalue weighted by molar-refractivity contribution is 7.16. The zero-order valence-corrected chi connectivity index (χ0v) is 10.5. The van der Waals surface area contributed by atoms with E-state index in [0.29, 0.717) is 6.42 Å². The molecule has 1 heterocycles. The van der Waals surface area contributed by atoms with Crippen molar-refractivity contribution in [1.29, 1.82) is 0 Å². The third-order valence-corrected chi connectivity index (χ3v) is 3.67. The van der Waals surface area contributed by atoms with Crippen LogP contribution in [0.15, 0.2) is 12.1 Å². The van der Waals surface area contributed by atoms with E-state index in [1.807, 2.05) is 12.1 Å². The predicted molar refractivity (Wildman–Crippen MR) is 63.6 cm³/mol. The van der Waals surface area contributed by atoms with Gasteiger partial charge < -0.3 is 4.74 Å². The van der Waals surface area contributed by atoms with Crippen LogP contribution in [0, 0.1) is 0 Å². The molecule has 1 atom stereocenters. The van der Waals surface area contributed by atoms with Crippen molar-refractivity contribution < 1.29 is 9.53 Å². The Kier molecular flexibility index (Phi) is 5.12. The van der Waals surface area contributed by atoms with Crippen molar-refractivity contribution >= 4 is 28.9 Å². The Morgan fingerprint density at radius 2 is 2.33 bits per heavy atom. The fourth-order valence-electron chi connectivity index (χ4n) is 1.53. The van der Waals surface area contributed by atoms with Gasteiger partial charge in [-0.15, -0.1) is 11.3 Å². The summed E-state index contributed by atoms with van der Waals surface area (Å²) in [6, 6.07) is 3.87. The number of methoxy groups -OCH3 is 1. The summed E-state index contributed by atoms with van der Waals surface area (Å²) in [6.45, 7) is 2.11. The summed E-state index contributed by atoms with van der Waals surface area (Å²) < 4.78 is 5.46. The molecule has 1 rings (SSSR count). The van der Waals surface area contributed by atoms with Crippen LogP contribution in [0.1, 0.15) is 37.0 Å². The van der Waals surface area contributed by atoms with Gasteiger partial charge in [0.2, 0.25) is 0 Å². The SMILES string of the molecule is CCCC(CC(=O)OC)c1ccc(Cl)s1. The van der Waals surface area contributed by atoms with E-state index >= 15 is 0 Å². The number of hydrogen-bond donors (Lipinski definition) is 0. The van der Waals surface area contributed by atoms with Gasteiger partial charge in [0.1, 0.15) is 0 Å². The fourth-order valence-corrected chi connectivity index (χ4v) is 2.72. The van der Waals surface area contributed by atoms with Gasteiger partial charge >= 0.3 is 5.97 Å². The highest BCUT2D eigenvalue weighted by atomic mass is 35.5. The molecule has 1 aromatic rings. The second-order valence-electron chi connectivity index (χ2n) is 3.41. The van der Waals surface area contributed by atoms with Crippen molar-refractivity contribution in [1.82, 2.24) is 0 Å². The maximum atomic E-state index is 11.2. The average Bonchev–Trinajstić information content (AvgIpc) is 2.64. The molecular weight excluding hydrogens is 232 g/mol. The van der Waals surface area contributed by atoms with Crippen LogP contribution in [-0.2, 0) is 9.53 Å². The number of halogens is 1. The summed E-state index contributed by atoms with van der Waals surface area (Å²) in [5, 5.41) is 0. The van der Waals surface area contributed by atoms with Gasteiger partial charge in [0.15, 0.2) is 0 Å². The Labute approximate surface area is 99.2 Å². The van der Waals surface area contributed by atoms with Crippen molar-refractivity contribution in [2.45, 2.75) is 32.1 Å². The summed E-state index contributed by atoms with van der Waals surface area (Å²) in [5.74, 6) is 0.0953. The van der Waals surface area contributed by atoms with Gasteiger partial charge in [-0.05, 0) is 18.6 Å². The molecule has 0 aliphatic carbocycles. The van der Waals surface area contributed by atoms with Crippen LogP contribution in [0.4, 0.5) is 0 Å². The number of carbonyl (C=O) groups is 1. The molecule has 0 spiro atoms. The van der Waals surface area contributed by atoms with Gasteiger partial charge in [-0.25, -0.2) is 0 Å². The maximum Gasteiger partial charge on any atom is 0.306 e. The second kappa shape index (κ2) is 6.13. The fraction of sp³-hybridized carbons (Fsp3) is 0.545. The lowest BCUT2D eigenvalue weighted by molar-refractivity contribution is -0.141. The van der Waals surface area contributed by atoms with Crippen LogP contribution < -0.4 is 0 Å². The minimum absolute atomic E-state index is 0.155. The van der Waals surface area contributed by atoms with Gasteiger partial charge in [0.25, 0.3) is 0 Å². The first-order valence-electron chi connectivity index (χ1n) is 4.99. The minimum Gasteiger partial charge on any atom is -0.469 e. The lowest BCUT2D eigenvalue weighted by Crippen LogP contribution is -2.07. The number of ether oxygens (including phenoxy) is 1. The smallest absolute Gasteiger partial charge is 0.306 e. The maximum absolute atomic E-state index is 11.2. The molecule has 1 unspecified atom stereocenters. The van der Waals surface area contributed by atoms with E-state index in [1.54, 1.807) is 11.3 Å². The van der Waals surface area contributed by atoms with E-state index in [2.05, 4.69) is 11.7 Å². The summed E-state index contributed by atoms with van der Waals surface area (Å²) in [7, 11) is 1.42. The summed E-state index contributed by atoms with van der Waals surface area (Å²) >= 11 is 7.42. The molecule has 0 amide bonds. The molecule has 2 nitrogen and oxygen atoms in total. The molecule has 0 aliphatic heterocycles. The van der Waals surface area contributed by atoms with Crippen LogP contribution in [-0.4, -0.2) is 13.1 Å². The molecule has 0 fully saturated rings. The first kappa shape index (κ1) is 12.5. The molecule has 0 saturated heterocycles. The van der Waals surface area contributed by atoms with E-state index in [9.17, 15) is 4.79 Å². The lowest BCUT2D eigenvalue weighted by atomic mass is 9.98. The Morgan fingerprint density at radius 3 is 2.80 bits per heavy atom. The normalized spacial score (nSPS) is 12.5. The Bertz CT molecular complexity index is 322. The Hall–Kier alpha value is -0.540. The van der Waals surface area contributed by atoms with Crippen LogP contribution in [0.3, 0.4) is 0 Å². The average molecular weight is 247 g/mol. The van der Waals surface area contributed by atoms with Crippen molar-refractivity contribution in [3.8, 4) is 0 Å². The van der Waals surface area contributed by atoms with E-state index in [-0.39, 0.29) is 11.9 Å². The van der Waals surface area contributed by atoms with Crippen molar-refractivity contribution in [2.24, 2.45) is 0 Å². The van der Waals surface area contributed by atoms with Crippen molar-refractivity contribution in [3.63, 3.8) is 0 Å². The topological polar surface area (TPSA) is 26.3 Å². The third kappa shape index (κ3) is 3.84. The molecule has 15 heavy (non-hydrogen) atoms. The van der Waals surface area contributed by atoms with Crippen LogP contribution in [0.5, 0.6) is 0 Å². The molecule has 0 aromatic carbocycles. The number of rotatable bonds is 5. The summed E-state index contributed by atoms with van der Waals surface area (Å²) in [5.41, 5.74) is 0. The molecule has 84 valence electrons. The highest BCUT2D eigenvalue weighted by Gasteiger charge is 2.17. The van der Waals surface area contributed by atoms with Crippen molar-refractivity contribution in [3.05, 3.63) is 21.3 Å². The molecule has 0 N–H and O–H groups in total. The zero-order valence-electron chi connectivity index (χ0n) is 8.96. The van der Waals surface area contributed by atoms with E-state index < -0.39 is 0 Å². The summed E-state index contributed by atoms with van der Waals surface area (Å²) in [6.07, 6.45) is 2.49. The number of thiophene rings is 1. The molecule has 0 aliphatic rings. The third-order valence-electron chi connectivity index (χ3n) is 2.27. The van der Waals surface area contributed by atoms with Crippen molar-refractivity contribution in [2.75, 3.05) is 7.11 Å². The lowest BCUT2D eigenvalue weighted by Gasteiger charge is -2.12. The number of hydrogen-bond acceptors (Lipinski definition) is 3. The molecule has 4 heteroatoms. The van der Waals surface area contributed by atoms with Gasteiger partial charge in [-0.3, -0.25) is 4.79 Å². The second-order valence-corrected chi connectivity index (χ2v) is 5.15. The van der Waals surface area contributed by atoms with Gasteiger partial charge in [0, 0.05) is 10.8 Å². The van der Waals surface area contributed by atoms with E-state index in [1.165, 1.54) is 12.0 Å². The highest BCUT2D eigenvalue weighted by Crippen LogP contribution is 2.33. The van der Waals surface area contributed by atoms with E-state index in [4.69, 9.17) is 11.6 Å². The zero-order chi connectivity index (χ0) is 11.3. The first-order chi connectivity index (χ1) is 7.17. The summed E-state index contributed by atoms with van der Waals surface area (Å²) in [4.78, 5) is 12.4. The predicted octanol–water partition coefficient (Wildman–Crippen LogP) is 3.85. The molecule has 0 bridgehead atoms. The quantitative estimate of drug-likeness (QED) is 0.738. The number of carbonyl (C=O) groups excluding carboxylic acids is 1. The van der Waals surface area contributed by atoms with Crippen LogP contribution in [0.2, 0.25) is 4.34 Å². The Morgan fingerprint density at radius 1 is 1.60 bits per heavy atom. The minimum atomic E-state index is -0.155. The molecule has 0 radical (unpaired) electrons. The number of esters is 1. The largest absolute Gasteiger partial charge is 0.469 e. The van der Waals surface area contributed by atoms with E-state index in [0.717, 1.165) is 17.2 Å². The Balaban J connectivity index is 2.69. The monoisotopic (exact) mass is 246 g/mol. The van der Waals surface area contributed by atoms with Gasteiger partial charge in [0.05, 0.1) is 17.9 Å². The molecule has 1 aromatic heterocycles. The standard InChI is InChI=1S/C11H15ClO2S/c1-3-4-8(7-11(13)14-2)9-5-6-10(12)15-9/h5-6,8H,3-4,7H2,1-2H3.